The highest BCUT2D eigenvalue weighted by Crippen LogP contribution is 2.32. The van der Waals surface area contributed by atoms with Gasteiger partial charge in [-0.05, 0) is 31.0 Å². The van der Waals surface area contributed by atoms with Gasteiger partial charge in [-0.3, -0.25) is 4.79 Å². The molecule has 1 heterocycles. The summed E-state index contributed by atoms with van der Waals surface area (Å²) in [5, 5.41) is 10.7. The summed E-state index contributed by atoms with van der Waals surface area (Å²) < 4.78 is 11.1. The van der Waals surface area contributed by atoms with E-state index >= 15 is 0 Å². The van der Waals surface area contributed by atoms with Crippen molar-refractivity contribution in [1.82, 2.24) is 4.90 Å². The molecule has 5 nitrogen and oxygen atoms in total. The molecule has 0 unspecified atom stereocenters. The summed E-state index contributed by atoms with van der Waals surface area (Å²) in [6.45, 7) is 1.54. The van der Waals surface area contributed by atoms with E-state index in [9.17, 15) is 9.90 Å². The van der Waals surface area contributed by atoms with Crippen LogP contribution in [-0.2, 0) is 9.53 Å². The predicted molar refractivity (Wildman–Crippen MR) is 86.6 cm³/mol. The number of carbonyl (C=O) groups excluding carboxylic acids is 1. The smallest absolute Gasteiger partial charge is 0.260 e. The second-order valence-electron chi connectivity index (χ2n) is 6.14. The summed E-state index contributed by atoms with van der Waals surface area (Å²) in [5.74, 6) is 0.611. The van der Waals surface area contributed by atoms with Gasteiger partial charge in [-0.15, -0.1) is 0 Å². The van der Waals surface area contributed by atoms with Gasteiger partial charge in [0.25, 0.3) is 5.91 Å². The molecule has 6 heteroatoms. The van der Waals surface area contributed by atoms with E-state index in [0.29, 0.717) is 30.5 Å². The molecule has 1 amide bonds. The zero-order valence-electron chi connectivity index (χ0n) is 13.0. The van der Waals surface area contributed by atoms with Crippen LogP contribution in [0.2, 0.25) is 5.02 Å². The first-order valence-corrected chi connectivity index (χ1v) is 8.46. The molecule has 2 fully saturated rings. The first-order chi connectivity index (χ1) is 11.1. The van der Waals surface area contributed by atoms with Gasteiger partial charge in [-0.1, -0.05) is 24.1 Å². The van der Waals surface area contributed by atoms with Gasteiger partial charge < -0.3 is 19.5 Å². The van der Waals surface area contributed by atoms with Crippen LogP contribution in [0.15, 0.2) is 24.3 Å². The summed E-state index contributed by atoms with van der Waals surface area (Å²) in [7, 11) is 0. The predicted octanol–water partition coefficient (Wildman–Crippen LogP) is 2.11. The average molecular weight is 340 g/mol. The molecule has 1 aromatic carbocycles. The van der Waals surface area contributed by atoms with Crippen molar-refractivity contribution in [3.63, 3.8) is 0 Å². The maximum absolute atomic E-state index is 12.6. The van der Waals surface area contributed by atoms with Gasteiger partial charge in [-0.2, -0.15) is 0 Å². The highest BCUT2D eigenvalue weighted by atomic mass is 35.5. The van der Waals surface area contributed by atoms with Crippen LogP contribution in [0, 0.1) is 5.92 Å². The van der Waals surface area contributed by atoms with Crippen LogP contribution < -0.4 is 4.74 Å². The molecule has 1 N–H and O–H groups in total. The molecule has 23 heavy (non-hydrogen) atoms. The second-order valence-corrected chi connectivity index (χ2v) is 6.57. The molecule has 0 bridgehead atoms. The van der Waals surface area contributed by atoms with Crippen LogP contribution in [0.1, 0.15) is 19.3 Å². The number of hydrogen-bond donors (Lipinski definition) is 1. The summed E-state index contributed by atoms with van der Waals surface area (Å²) in [6.07, 6.45) is 2.41. The molecule has 3 rings (SSSR count). The topological polar surface area (TPSA) is 59.0 Å². The number of morpholine rings is 1. The van der Waals surface area contributed by atoms with Gasteiger partial charge in [-0.25, -0.2) is 0 Å². The maximum atomic E-state index is 12.6. The highest BCUT2D eigenvalue weighted by Gasteiger charge is 2.39. The van der Waals surface area contributed by atoms with Gasteiger partial charge in [0.1, 0.15) is 5.75 Å². The van der Waals surface area contributed by atoms with E-state index in [2.05, 4.69) is 0 Å². The largest absolute Gasteiger partial charge is 0.484 e. The Kier molecular flexibility index (Phi) is 5.41. The number of amides is 1. The van der Waals surface area contributed by atoms with Crippen LogP contribution in [0.3, 0.4) is 0 Å². The van der Waals surface area contributed by atoms with Crippen molar-refractivity contribution in [3.8, 4) is 5.75 Å². The summed E-state index contributed by atoms with van der Waals surface area (Å²) in [5.41, 5.74) is 0. The minimum Gasteiger partial charge on any atom is -0.484 e. The summed E-state index contributed by atoms with van der Waals surface area (Å²) in [6, 6.07) is 6.95. The summed E-state index contributed by atoms with van der Waals surface area (Å²) >= 11 is 5.91. The van der Waals surface area contributed by atoms with Gasteiger partial charge in [0.05, 0.1) is 25.4 Å². The van der Waals surface area contributed by atoms with Gasteiger partial charge in [0.2, 0.25) is 0 Å². The lowest BCUT2D eigenvalue weighted by Gasteiger charge is -2.40. The van der Waals surface area contributed by atoms with Gasteiger partial charge in [0.15, 0.2) is 6.61 Å². The normalized spacial score (nSPS) is 27.9. The van der Waals surface area contributed by atoms with Crippen molar-refractivity contribution < 1.29 is 19.4 Å². The molecule has 1 aromatic rings. The third-order valence-corrected chi connectivity index (χ3v) is 4.91. The molecule has 0 spiro atoms. The first kappa shape index (κ1) is 16.6. The van der Waals surface area contributed by atoms with Crippen molar-refractivity contribution in [2.24, 2.45) is 5.92 Å². The minimum atomic E-state index is -0.342. The zero-order valence-corrected chi connectivity index (χ0v) is 13.7. The standard InChI is InChI=1S/C17H22ClNO4/c18-12-3-1-4-13(9-12)23-11-17(21)19-7-8-22-10-15(19)14-5-2-6-16(14)20/h1,3-4,9,14-16,20H,2,5-8,10-11H2/t14-,15-,16+/m1/s1. The van der Waals surface area contributed by atoms with Crippen molar-refractivity contribution >= 4 is 17.5 Å². The van der Waals surface area contributed by atoms with E-state index in [1.807, 2.05) is 4.90 Å². The Hall–Kier alpha value is -1.30. The van der Waals surface area contributed by atoms with Crippen molar-refractivity contribution in [3.05, 3.63) is 29.3 Å². The Morgan fingerprint density at radius 2 is 2.30 bits per heavy atom. The fourth-order valence-corrected chi connectivity index (χ4v) is 3.67. The Morgan fingerprint density at radius 1 is 1.43 bits per heavy atom. The van der Waals surface area contributed by atoms with Crippen LogP contribution in [0.4, 0.5) is 0 Å². The second kappa shape index (κ2) is 7.51. The molecule has 2 aliphatic rings. The molecule has 126 valence electrons. The molecule has 0 aromatic heterocycles. The monoisotopic (exact) mass is 339 g/mol. The van der Waals surface area contributed by atoms with E-state index in [0.717, 1.165) is 19.3 Å². The number of nitrogens with zero attached hydrogens (tertiary/aromatic N) is 1. The number of halogens is 1. The van der Waals surface area contributed by atoms with E-state index in [1.165, 1.54) is 0 Å². The van der Waals surface area contributed by atoms with Crippen molar-refractivity contribution in [2.75, 3.05) is 26.4 Å². The quantitative estimate of drug-likeness (QED) is 0.912. The number of hydrogen-bond acceptors (Lipinski definition) is 4. The first-order valence-electron chi connectivity index (χ1n) is 8.09. The molecular weight excluding hydrogens is 318 g/mol. The molecule has 3 atom stereocenters. The van der Waals surface area contributed by atoms with Crippen molar-refractivity contribution in [1.29, 1.82) is 0 Å². The fourth-order valence-electron chi connectivity index (χ4n) is 3.49. The number of aliphatic hydroxyl groups is 1. The van der Waals surface area contributed by atoms with Crippen LogP contribution in [0.5, 0.6) is 5.75 Å². The average Bonchev–Trinajstić information content (AvgIpc) is 2.98. The van der Waals surface area contributed by atoms with Gasteiger partial charge in [0, 0.05) is 17.5 Å². The van der Waals surface area contributed by atoms with Crippen molar-refractivity contribution in [2.45, 2.75) is 31.4 Å². The zero-order chi connectivity index (χ0) is 16.2. The molecule has 0 radical (unpaired) electrons. The third kappa shape index (κ3) is 3.97. The Balaban J connectivity index is 1.62. The summed E-state index contributed by atoms with van der Waals surface area (Å²) in [4.78, 5) is 14.4. The third-order valence-electron chi connectivity index (χ3n) is 4.67. The van der Waals surface area contributed by atoms with E-state index in [4.69, 9.17) is 21.1 Å². The lowest BCUT2D eigenvalue weighted by molar-refractivity contribution is -0.146. The Labute approximate surface area is 141 Å². The number of aliphatic hydroxyl groups excluding tert-OH is 1. The number of rotatable bonds is 4. The Bertz CT molecular complexity index is 553. The number of benzene rings is 1. The number of carbonyl (C=O) groups is 1. The lowest BCUT2D eigenvalue weighted by Crippen LogP contribution is -2.54. The number of ether oxygens (including phenoxy) is 2. The Morgan fingerprint density at radius 3 is 3.04 bits per heavy atom. The van der Waals surface area contributed by atoms with E-state index in [1.54, 1.807) is 24.3 Å². The molecule has 1 saturated heterocycles. The maximum Gasteiger partial charge on any atom is 0.260 e. The van der Waals surface area contributed by atoms with E-state index < -0.39 is 0 Å². The van der Waals surface area contributed by atoms with Gasteiger partial charge >= 0.3 is 0 Å². The fraction of sp³-hybridized carbons (Fsp3) is 0.588. The molecular formula is C17H22ClNO4. The van der Waals surface area contributed by atoms with Crippen LogP contribution in [0.25, 0.3) is 0 Å². The van der Waals surface area contributed by atoms with E-state index in [-0.39, 0.29) is 30.6 Å². The van der Waals surface area contributed by atoms with Crippen LogP contribution in [-0.4, -0.2) is 54.4 Å². The molecule has 1 aliphatic heterocycles. The molecule has 1 saturated carbocycles. The SMILES string of the molecule is O=C(COc1cccc(Cl)c1)N1CCOC[C@@H]1[C@H]1CCC[C@@H]1O. The lowest BCUT2D eigenvalue weighted by atomic mass is 9.94. The van der Waals surface area contributed by atoms with Crippen LogP contribution >= 0.6 is 11.6 Å². The molecule has 1 aliphatic carbocycles. The highest BCUT2D eigenvalue weighted by molar-refractivity contribution is 6.30. The minimum absolute atomic E-state index is 0.0281.